The van der Waals surface area contributed by atoms with Gasteiger partial charge in [0.15, 0.2) is 11.0 Å². The number of nitro benzene ring substituents is 1. The maximum atomic E-state index is 13.2. The SMILES string of the molecule is Cc1cccc(CSc2nnc(CNS(=O)(=O)c3cccc4cccnc34)n2-c2ccc([N+](=O)[O-])cc2)c1. The Morgan fingerprint density at radius 1 is 1.00 bits per heavy atom. The van der Waals surface area contributed by atoms with Crippen LogP contribution < -0.4 is 4.72 Å². The molecule has 3 aromatic carbocycles. The van der Waals surface area contributed by atoms with Gasteiger partial charge in [0, 0.05) is 35.2 Å². The van der Waals surface area contributed by atoms with Gasteiger partial charge in [0.25, 0.3) is 5.69 Å². The number of rotatable bonds is 9. The Morgan fingerprint density at radius 2 is 1.76 bits per heavy atom. The summed E-state index contributed by atoms with van der Waals surface area (Å²) in [7, 11) is -3.94. The van der Waals surface area contributed by atoms with Crippen LogP contribution in [-0.4, -0.2) is 33.1 Å². The molecular formula is C26H22N6O4S2. The summed E-state index contributed by atoms with van der Waals surface area (Å²) in [4.78, 5) is 15.0. The van der Waals surface area contributed by atoms with Gasteiger partial charge < -0.3 is 0 Å². The molecule has 0 radical (unpaired) electrons. The molecular weight excluding hydrogens is 524 g/mol. The predicted molar refractivity (Wildman–Crippen MR) is 145 cm³/mol. The molecule has 0 aliphatic carbocycles. The van der Waals surface area contributed by atoms with Gasteiger partial charge in [0.05, 0.1) is 17.0 Å². The van der Waals surface area contributed by atoms with E-state index in [1.807, 2.05) is 25.1 Å². The van der Waals surface area contributed by atoms with Gasteiger partial charge in [-0.1, -0.05) is 59.8 Å². The van der Waals surface area contributed by atoms with Crippen LogP contribution in [0.15, 0.2) is 95.1 Å². The summed E-state index contributed by atoms with van der Waals surface area (Å²) in [6.07, 6.45) is 1.55. The first kappa shape index (κ1) is 25.5. The second-order valence-corrected chi connectivity index (χ2v) is 11.1. The molecule has 0 aliphatic heterocycles. The minimum Gasteiger partial charge on any atom is -0.273 e. The Bertz CT molecular complexity index is 1730. The zero-order chi connectivity index (χ0) is 26.7. The summed E-state index contributed by atoms with van der Waals surface area (Å²) < 4.78 is 30.8. The first-order valence-corrected chi connectivity index (χ1v) is 14.0. The minimum atomic E-state index is -3.94. The summed E-state index contributed by atoms with van der Waals surface area (Å²) in [5.41, 5.74) is 3.13. The summed E-state index contributed by atoms with van der Waals surface area (Å²) in [6, 6.07) is 22.5. The number of fused-ring (bicyclic) bond motifs is 1. The van der Waals surface area contributed by atoms with Crippen LogP contribution in [-0.2, 0) is 22.3 Å². The summed E-state index contributed by atoms with van der Waals surface area (Å²) >= 11 is 1.43. The Balaban J connectivity index is 1.46. The van der Waals surface area contributed by atoms with Crippen molar-refractivity contribution in [2.24, 2.45) is 0 Å². The van der Waals surface area contributed by atoms with Crippen molar-refractivity contribution in [2.75, 3.05) is 0 Å². The third-order valence-corrected chi connectivity index (χ3v) is 8.21. The lowest BCUT2D eigenvalue weighted by Gasteiger charge is -2.12. The lowest BCUT2D eigenvalue weighted by atomic mass is 10.2. The number of pyridine rings is 1. The zero-order valence-electron chi connectivity index (χ0n) is 20.2. The number of sulfonamides is 1. The summed E-state index contributed by atoms with van der Waals surface area (Å²) in [5.74, 6) is 0.947. The van der Waals surface area contributed by atoms with Gasteiger partial charge in [-0.25, -0.2) is 13.1 Å². The van der Waals surface area contributed by atoms with Crippen LogP contribution in [0.5, 0.6) is 0 Å². The fraction of sp³-hybridized carbons (Fsp3) is 0.115. The summed E-state index contributed by atoms with van der Waals surface area (Å²) in [5, 5.41) is 20.9. The largest absolute Gasteiger partial charge is 0.273 e. The second kappa shape index (κ2) is 10.7. The monoisotopic (exact) mass is 546 g/mol. The number of hydrogen-bond acceptors (Lipinski definition) is 8. The average Bonchev–Trinajstić information content (AvgIpc) is 3.33. The van der Waals surface area contributed by atoms with Crippen molar-refractivity contribution in [2.45, 2.75) is 29.3 Å². The number of aromatic nitrogens is 4. The molecule has 0 amide bonds. The van der Waals surface area contributed by atoms with Gasteiger partial charge in [-0.05, 0) is 36.8 Å². The number of thioether (sulfide) groups is 1. The molecule has 0 atom stereocenters. The highest BCUT2D eigenvalue weighted by Gasteiger charge is 2.21. The molecule has 5 rings (SSSR count). The number of aryl methyl sites for hydroxylation is 1. The Morgan fingerprint density at radius 3 is 2.53 bits per heavy atom. The normalized spacial score (nSPS) is 11.6. The van der Waals surface area contributed by atoms with Gasteiger partial charge >= 0.3 is 0 Å². The number of para-hydroxylation sites is 1. The van der Waals surface area contributed by atoms with Crippen molar-refractivity contribution < 1.29 is 13.3 Å². The molecule has 0 spiro atoms. The van der Waals surface area contributed by atoms with Crippen LogP contribution >= 0.6 is 11.8 Å². The van der Waals surface area contributed by atoms with Crippen LogP contribution in [0.4, 0.5) is 5.69 Å². The number of nitrogens with zero attached hydrogens (tertiary/aromatic N) is 5. The second-order valence-electron chi connectivity index (χ2n) is 8.44. The van der Waals surface area contributed by atoms with Crippen LogP contribution in [0.3, 0.4) is 0 Å². The van der Waals surface area contributed by atoms with E-state index in [-0.39, 0.29) is 17.1 Å². The van der Waals surface area contributed by atoms with Crippen molar-refractivity contribution in [1.29, 1.82) is 0 Å². The first-order chi connectivity index (χ1) is 18.3. The minimum absolute atomic E-state index is 0.0542. The molecule has 1 N–H and O–H groups in total. The van der Waals surface area contributed by atoms with Crippen molar-refractivity contribution in [1.82, 2.24) is 24.5 Å². The van der Waals surface area contributed by atoms with Crippen LogP contribution in [0.25, 0.3) is 16.6 Å². The van der Waals surface area contributed by atoms with Crippen LogP contribution in [0.1, 0.15) is 17.0 Å². The smallest absolute Gasteiger partial charge is 0.269 e. The van der Waals surface area contributed by atoms with Crippen LogP contribution in [0.2, 0.25) is 0 Å². The molecule has 0 fully saturated rings. The van der Waals surface area contributed by atoms with E-state index >= 15 is 0 Å². The Kier molecular flexibility index (Phi) is 7.18. The molecule has 0 aliphatic rings. The Labute approximate surface area is 223 Å². The predicted octanol–water partition coefficient (Wildman–Crippen LogP) is 4.80. The molecule has 2 heterocycles. The van der Waals surface area contributed by atoms with E-state index in [2.05, 4.69) is 26.0 Å². The lowest BCUT2D eigenvalue weighted by Crippen LogP contribution is -2.25. The van der Waals surface area contributed by atoms with E-state index in [0.29, 0.717) is 33.3 Å². The first-order valence-electron chi connectivity index (χ1n) is 11.5. The molecule has 12 heteroatoms. The number of non-ortho nitro benzene ring substituents is 1. The number of nitro groups is 1. The molecule has 2 aromatic heterocycles. The molecule has 192 valence electrons. The van der Waals surface area contributed by atoms with E-state index in [1.54, 1.807) is 47.2 Å². The quantitative estimate of drug-likeness (QED) is 0.158. The van der Waals surface area contributed by atoms with Gasteiger partial charge in [-0.15, -0.1) is 10.2 Å². The maximum Gasteiger partial charge on any atom is 0.269 e. The van der Waals surface area contributed by atoms with Gasteiger partial charge in [-0.2, -0.15) is 0 Å². The molecule has 5 aromatic rings. The van der Waals surface area contributed by atoms with Crippen molar-refractivity contribution in [3.63, 3.8) is 0 Å². The zero-order valence-corrected chi connectivity index (χ0v) is 21.8. The molecule has 10 nitrogen and oxygen atoms in total. The van der Waals surface area contributed by atoms with Gasteiger partial charge in [0.1, 0.15) is 4.90 Å². The third-order valence-electron chi connectivity index (χ3n) is 5.78. The molecule has 38 heavy (non-hydrogen) atoms. The molecule has 0 bridgehead atoms. The standard InChI is InChI=1S/C26H22N6O4S2/c1-18-5-2-6-19(15-18)17-37-26-30-29-24(31(26)21-10-12-22(13-11-21)32(33)34)16-28-38(35,36)23-9-3-7-20-8-4-14-27-25(20)23/h2-15,28H,16-17H2,1H3. The fourth-order valence-corrected chi connectivity index (χ4v) is 6.04. The Hall–Kier alpha value is -4.13. The van der Waals surface area contributed by atoms with E-state index in [1.165, 1.54) is 30.0 Å². The van der Waals surface area contributed by atoms with Crippen molar-refractivity contribution in [3.05, 3.63) is 112 Å². The van der Waals surface area contributed by atoms with E-state index in [9.17, 15) is 18.5 Å². The number of nitrogens with one attached hydrogen (secondary N) is 1. The third kappa shape index (κ3) is 5.42. The van der Waals surface area contributed by atoms with Crippen molar-refractivity contribution in [3.8, 4) is 5.69 Å². The molecule has 0 unspecified atom stereocenters. The summed E-state index contributed by atoms with van der Waals surface area (Å²) in [6.45, 7) is 1.86. The maximum absolute atomic E-state index is 13.2. The highest BCUT2D eigenvalue weighted by Crippen LogP contribution is 2.27. The van der Waals surface area contributed by atoms with Crippen molar-refractivity contribution >= 4 is 38.4 Å². The van der Waals surface area contributed by atoms with E-state index in [0.717, 1.165) is 11.1 Å². The molecule has 0 saturated carbocycles. The highest BCUT2D eigenvalue weighted by atomic mass is 32.2. The van der Waals surface area contributed by atoms with Gasteiger partial charge in [0.2, 0.25) is 10.0 Å². The lowest BCUT2D eigenvalue weighted by molar-refractivity contribution is -0.384. The van der Waals surface area contributed by atoms with Crippen LogP contribution in [0, 0.1) is 17.0 Å². The van der Waals surface area contributed by atoms with E-state index < -0.39 is 14.9 Å². The number of benzene rings is 3. The highest BCUT2D eigenvalue weighted by molar-refractivity contribution is 7.98. The van der Waals surface area contributed by atoms with E-state index in [4.69, 9.17) is 0 Å². The fourth-order valence-electron chi connectivity index (χ4n) is 3.97. The average molecular weight is 547 g/mol. The molecule has 0 saturated heterocycles. The van der Waals surface area contributed by atoms with Gasteiger partial charge in [-0.3, -0.25) is 19.7 Å². The topological polar surface area (TPSA) is 133 Å². The number of hydrogen-bond donors (Lipinski definition) is 1.